The lowest BCUT2D eigenvalue weighted by Crippen LogP contribution is -2.28. The summed E-state index contributed by atoms with van der Waals surface area (Å²) in [4.78, 5) is 2.70. The zero-order valence-corrected chi connectivity index (χ0v) is 8.64. The van der Waals surface area contributed by atoms with Crippen LogP contribution in [0, 0.1) is 0 Å². The lowest BCUT2D eigenvalue weighted by molar-refractivity contribution is 0.468. The molecule has 0 bridgehead atoms. The smallest absolute Gasteiger partial charge is 0.192 e. The first-order valence-electron chi connectivity index (χ1n) is 4.87. The second-order valence-electron chi connectivity index (χ2n) is 3.75. The monoisotopic (exact) mass is 196 g/mol. The van der Waals surface area contributed by atoms with E-state index in [1.54, 1.807) is 0 Å². The predicted molar refractivity (Wildman–Crippen MR) is 54.0 cm³/mol. The van der Waals surface area contributed by atoms with Gasteiger partial charge in [0.1, 0.15) is 0 Å². The molecule has 0 saturated carbocycles. The molecule has 1 heterocycles. The fourth-order valence-electron chi connectivity index (χ4n) is 1.23. The Morgan fingerprint density at radius 3 is 2.64 bits per heavy atom. The number of hydrogen-bond donors (Lipinski definition) is 1. The van der Waals surface area contributed by atoms with Crippen LogP contribution in [-0.2, 0) is 0 Å². The summed E-state index contributed by atoms with van der Waals surface area (Å²) in [5.74, 6) is 0. The van der Waals surface area contributed by atoms with E-state index in [4.69, 9.17) is 5.53 Å². The van der Waals surface area contributed by atoms with Gasteiger partial charge in [-0.1, -0.05) is 19.0 Å². The maximum atomic E-state index is 8.12. The van der Waals surface area contributed by atoms with Gasteiger partial charge in [0.05, 0.1) is 0 Å². The Morgan fingerprint density at radius 2 is 2.14 bits per heavy atom. The van der Waals surface area contributed by atoms with Crippen LogP contribution in [0.5, 0.6) is 0 Å². The van der Waals surface area contributed by atoms with Crippen LogP contribution in [0.25, 0.3) is 10.4 Å². The SMILES string of the molecule is CC(C)NCCC1(CCN=[N+]=[N-])N=N1. The van der Waals surface area contributed by atoms with Crippen molar-refractivity contribution in [1.29, 1.82) is 0 Å². The Labute approximate surface area is 83.4 Å². The molecule has 14 heavy (non-hydrogen) atoms. The average molecular weight is 196 g/mol. The lowest BCUT2D eigenvalue weighted by atomic mass is 10.1. The molecular weight excluding hydrogens is 180 g/mol. The summed E-state index contributed by atoms with van der Waals surface area (Å²) in [6.45, 7) is 5.59. The van der Waals surface area contributed by atoms with Crippen LogP contribution in [0.3, 0.4) is 0 Å². The second-order valence-corrected chi connectivity index (χ2v) is 3.75. The van der Waals surface area contributed by atoms with Crippen LogP contribution in [0.2, 0.25) is 0 Å². The highest BCUT2D eigenvalue weighted by Crippen LogP contribution is 2.34. The van der Waals surface area contributed by atoms with Crippen molar-refractivity contribution in [2.45, 2.75) is 38.4 Å². The maximum absolute atomic E-state index is 8.12. The van der Waals surface area contributed by atoms with E-state index < -0.39 is 0 Å². The molecule has 0 amide bonds. The molecule has 6 heteroatoms. The summed E-state index contributed by atoms with van der Waals surface area (Å²) in [6.07, 6.45) is 1.63. The number of hydrogen-bond acceptors (Lipinski definition) is 4. The van der Waals surface area contributed by atoms with Crippen LogP contribution >= 0.6 is 0 Å². The first-order valence-corrected chi connectivity index (χ1v) is 4.87. The Balaban J connectivity index is 2.12. The molecule has 0 spiro atoms. The fraction of sp³-hybridized carbons (Fsp3) is 1.00. The van der Waals surface area contributed by atoms with Crippen LogP contribution in [-0.4, -0.2) is 24.8 Å². The normalized spacial score (nSPS) is 16.8. The van der Waals surface area contributed by atoms with Gasteiger partial charge >= 0.3 is 0 Å². The van der Waals surface area contributed by atoms with Gasteiger partial charge in [-0.15, -0.1) is 0 Å². The highest BCUT2D eigenvalue weighted by atomic mass is 15.4. The van der Waals surface area contributed by atoms with E-state index in [1.807, 2.05) is 0 Å². The largest absolute Gasteiger partial charge is 0.314 e. The quantitative estimate of drug-likeness (QED) is 0.378. The topological polar surface area (TPSA) is 85.5 Å². The van der Waals surface area contributed by atoms with Gasteiger partial charge in [-0.25, -0.2) is 0 Å². The summed E-state index contributed by atoms with van der Waals surface area (Å²) >= 11 is 0. The lowest BCUT2D eigenvalue weighted by Gasteiger charge is -2.11. The van der Waals surface area contributed by atoms with Crippen molar-refractivity contribution in [2.75, 3.05) is 13.1 Å². The molecule has 1 aliphatic rings. The second kappa shape index (κ2) is 4.93. The Morgan fingerprint density at radius 1 is 1.43 bits per heavy atom. The molecule has 1 aliphatic heterocycles. The number of nitrogens with zero attached hydrogens (tertiary/aromatic N) is 5. The van der Waals surface area contributed by atoms with E-state index in [1.165, 1.54) is 0 Å². The molecule has 0 aliphatic carbocycles. The van der Waals surface area contributed by atoms with Gasteiger partial charge in [0.25, 0.3) is 0 Å². The molecule has 78 valence electrons. The van der Waals surface area contributed by atoms with Crippen molar-refractivity contribution in [1.82, 2.24) is 5.32 Å². The number of rotatable bonds is 7. The first kappa shape index (κ1) is 10.9. The third-order valence-electron chi connectivity index (χ3n) is 2.14. The molecule has 6 nitrogen and oxygen atoms in total. The Kier molecular flexibility index (Phi) is 3.85. The zero-order valence-electron chi connectivity index (χ0n) is 8.64. The third-order valence-corrected chi connectivity index (χ3v) is 2.14. The van der Waals surface area contributed by atoms with Crippen LogP contribution in [0.1, 0.15) is 26.7 Å². The highest BCUT2D eigenvalue weighted by molar-refractivity contribution is 4.94. The first-order chi connectivity index (χ1) is 6.68. The molecule has 1 rings (SSSR count). The maximum Gasteiger partial charge on any atom is 0.192 e. The molecule has 0 unspecified atom stereocenters. The van der Waals surface area contributed by atoms with E-state index in [0.717, 1.165) is 19.4 Å². The molecule has 0 fully saturated rings. The standard InChI is InChI=1S/C8H16N6/c1-7(2)10-5-3-8(12-13-8)4-6-11-14-9/h7,10H,3-6H2,1-2H3. The summed E-state index contributed by atoms with van der Waals surface area (Å²) in [7, 11) is 0. The van der Waals surface area contributed by atoms with Gasteiger partial charge in [-0.05, 0) is 12.1 Å². The van der Waals surface area contributed by atoms with Crippen molar-refractivity contribution in [3.8, 4) is 0 Å². The van der Waals surface area contributed by atoms with Crippen molar-refractivity contribution in [2.24, 2.45) is 15.3 Å². The van der Waals surface area contributed by atoms with Crippen molar-refractivity contribution in [3.63, 3.8) is 0 Å². The third kappa shape index (κ3) is 3.72. The van der Waals surface area contributed by atoms with Gasteiger partial charge in [0.15, 0.2) is 5.66 Å². The van der Waals surface area contributed by atoms with Crippen molar-refractivity contribution in [3.05, 3.63) is 10.4 Å². The predicted octanol–water partition coefficient (Wildman–Crippen LogP) is 2.24. The molecule has 0 radical (unpaired) electrons. The van der Waals surface area contributed by atoms with Gasteiger partial charge in [0, 0.05) is 30.3 Å². The van der Waals surface area contributed by atoms with E-state index in [0.29, 0.717) is 12.6 Å². The van der Waals surface area contributed by atoms with Gasteiger partial charge in [0.2, 0.25) is 0 Å². The summed E-state index contributed by atoms with van der Waals surface area (Å²) in [5, 5.41) is 14.8. The summed E-state index contributed by atoms with van der Waals surface area (Å²) < 4.78 is 0. The molecule has 0 saturated heterocycles. The van der Waals surface area contributed by atoms with Crippen LogP contribution in [0.15, 0.2) is 15.3 Å². The fourth-order valence-corrected chi connectivity index (χ4v) is 1.23. The van der Waals surface area contributed by atoms with Crippen molar-refractivity contribution >= 4 is 0 Å². The minimum absolute atomic E-state index is 0.240. The zero-order chi connectivity index (χ0) is 10.4. The molecule has 0 aromatic rings. The Bertz CT molecular complexity index is 247. The number of azide groups is 1. The van der Waals surface area contributed by atoms with E-state index in [-0.39, 0.29) is 5.66 Å². The molecule has 0 aromatic carbocycles. The Hall–Kier alpha value is -1.13. The van der Waals surface area contributed by atoms with Gasteiger partial charge < -0.3 is 5.32 Å². The van der Waals surface area contributed by atoms with Crippen molar-refractivity contribution < 1.29 is 0 Å². The van der Waals surface area contributed by atoms with Gasteiger partial charge in [-0.3, -0.25) is 0 Å². The minimum atomic E-state index is -0.240. The molecule has 0 aromatic heterocycles. The molecule has 1 N–H and O–H groups in total. The van der Waals surface area contributed by atoms with E-state index in [2.05, 4.69) is 39.4 Å². The van der Waals surface area contributed by atoms with E-state index >= 15 is 0 Å². The summed E-state index contributed by atoms with van der Waals surface area (Å²) in [5.41, 5.74) is 7.88. The molecule has 0 atom stereocenters. The highest BCUT2D eigenvalue weighted by Gasteiger charge is 2.38. The van der Waals surface area contributed by atoms with Gasteiger partial charge in [-0.2, -0.15) is 10.2 Å². The van der Waals surface area contributed by atoms with Crippen LogP contribution in [0.4, 0.5) is 0 Å². The average Bonchev–Trinajstić information content (AvgIpc) is 2.85. The van der Waals surface area contributed by atoms with E-state index in [9.17, 15) is 0 Å². The number of nitrogens with one attached hydrogen (secondary N) is 1. The van der Waals surface area contributed by atoms with Crippen LogP contribution < -0.4 is 5.32 Å². The molecular formula is C8H16N6. The summed E-state index contributed by atoms with van der Waals surface area (Å²) in [6, 6.07) is 0.489. The minimum Gasteiger partial charge on any atom is -0.314 e.